The van der Waals surface area contributed by atoms with Gasteiger partial charge >= 0.3 is 0 Å². The summed E-state index contributed by atoms with van der Waals surface area (Å²) < 4.78 is 6.94. The summed E-state index contributed by atoms with van der Waals surface area (Å²) in [5.74, 6) is 0.160. The van der Waals surface area contributed by atoms with Gasteiger partial charge in [0.1, 0.15) is 4.88 Å². The second-order valence-corrected chi connectivity index (χ2v) is 7.53. The predicted molar refractivity (Wildman–Crippen MR) is 98.6 cm³/mol. The second kappa shape index (κ2) is 6.78. The summed E-state index contributed by atoms with van der Waals surface area (Å²) in [7, 11) is 0. The first-order valence-electron chi connectivity index (χ1n) is 7.63. The maximum absolute atomic E-state index is 12.4. The Labute approximate surface area is 148 Å². The molecule has 1 amide bonds. The van der Waals surface area contributed by atoms with Gasteiger partial charge in [-0.1, -0.05) is 41.8 Å². The van der Waals surface area contributed by atoms with Gasteiger partial charge in [0.2, 0.25) is 0 Å². The van der Waals surface area contributed by atoms with Crippen LogP contribution in [0.3, 0.4) is 0 Å². The number of aryl methyl sites for hydroxylation is 1. The van der Waals surface area contributed by atoms with Gasteiger partial charge < -0.3 is 4.57 Å². The van der Waals surface area contributed by atoms with Crippen LogP contribution in [-0.2, 0) is 6.54 Å². The van der Waals surface area contributed by atoms with Crippen molar-refractivity contribution in [1.82, 2.24) is 14.2 Å². The maximum atomic E-state index is 12.4. The Morgan fingerprint density at radius 1 is 1.46 bits per heavy atom. The van der Waals surface area contributed by atoms with Crippen molar-refractivity contribution in [3.8, 4) is 0 Å². The summed E-state index contributed by atoms with van der Waals surface area (Å²) in [5, 5.41) is 3.88. The number of aromatic nitrogens is 3. The number of nitrogens with zero attached hydrogens (tertiary/aromatic N) is 4. The minimum Gasteiger partial charge on any atom is -0.312 e. The maximum Gasteiger partial charge on any atom is 0.293 e. The molecule has 0 fully saturated rings. The van der Waals surface area contributed by atoms with E-state index in [1.54, 1.807) is 6.92 Å². The number of carbonyl (C=O) groups excluding carboxylic acids is 1. The lowest BCUT2D eigenvalue weighted by Gasteiger charge is -2.05. The smallest absolute Gasteiger partial charge is 0.293 e. The largest absolute Gasteiger partial charge is 0.312 e. The van der Waals surface area contributed by atoms with Crippen molar-refractivity contribution in [2.75, 3.05) is 0 Å². The molecule has 124 valence electrons. The topological polar surface area (TPSA) is 60.1 Å². The minimum atomic E-state index is -0.295. The standard InChI is InChI=1S/C17H18N4OS2/c1-5-8-21-13-7-6-12(10(2)3)9-14(13)23-17(21)18-16(22)15-11(4)19-20-24-15/h5-7,9-10H,1,8H2,2-4H3. The predicted octanol–water partition coefficient (Wildman–Crippen LogP) is 3.91. The Bertz CT molecular complexity index is 978. The van der Waals surface area contributed by atoms with E-state index < -0.39 is 0 Å². The lowest BCUT2D eigenvalue weighted by atomic mass is 10.0. The van der Waals surface area contributed by atoms with E-state index in [-0.39, 0.29) is 5.91 Å². The van der Waals surface area contributed by atoms with Crippen LogP contribution in [0.2, 0.25) is 0 Å². The summed E-state index contributed by atoms with van der Waals surface area (Å²) in [6.07, 6.45) is 1.81. The molecule has 0 bridgehead atoms. The zero-order valence-electron chi connectivity index (χ0n) is 13.8. The molecule has 0 aliphatic heterocycles. The molecule has 7 heteroatoms. The van der Waals surface area contributed by atoms with E-state index in [1.807, 2.05) is 10.6 Å². The molecule has 2 aromatic heterocycles. The molecule has 0 spiro atoms. The normalized spacial score (nSPS) is 12.2. The average molecular weight is 358 g/mol. The first kappa shape index (κ1) is 16.7. The summed E-state index contributed by atoms with van der Waals surface area (Å²) in [4.78, 5) is 17.9. The first-order valence-corrected chi connectivity index (χ1v) is 9.22. The summed E-state index contributed by atoms with van der Waals surface area (Å²) in [6.45, 7) is 10.5. The summed E-state index contributed by atoms with van der Waals surface area (Å²) in [5.41, 5.74) is 2.96. The Kier molecular flexibility index (Phi) is 4.73. The Balaban J connectivity index is 2.17. The van der Waals surface area contributed by atoms with Gasteiger partial charge in [-0.15, -0.1) is 11.7 Å². The molecule has 2 heterocycles. The number of benzene rings is 1. The number of rotatable bonds is 4. The van der Waals surface area contributed by atoms with E-state index in [2.05, 4.69) is 53.2 Å². The molecular formula is C17H18N4OS2. The van der Waals surface area contributed by atoms with Gasteiger partial charge in [-0.3, -0.25) is 4.79 Å². The minimum absolute atomic E-state index is 0.295. The van der Waals surface area contributed by atoms with Crippen LogP contribution in [0.4, 0.5) is 0 Å². The van der Waals surface area contributed by atoms with Gasteiger partial charge in [-0.25, -0.2) is 0 Å². The van der Waals surface area contributed by atoms with Gasteiger partial charge in [-0.2, -0.15) is 4.99 Å². The highest BCUT2D eigenvalue weighted by atomic mass is 32.1. The van der Waals surface area contributed by atoms with Gasteiger partial charge in [-0.05, 0) is 42.1 Å². The van der Waals surface area contributed by atoms with Crippen LogP contribution in [-0.4, -0.2) is 20.1 Å². The molecule has 1 aromatic carbocycles. The van der Waals surface area contributed by atoms with Gasteiger partial charge in [0, 0.05) is 6.54 Å². The van der Waals surface area contributed by atoms with Gasteiger partial charge in [0.05, 0.1) is 15.9 Å². The monoisotopic (exact) mass is 358 g/mol. The molecule has 3 aromatic rings. The lowest BCUT2D eigenvalue weighted by molar-refractivity contribution is 0.100. The van der Waals surface area contributed by atoms with Crippen LogP contribution >= 0.6 is 22.9 Å². The second-order valence-electron chi connectivity index (χ2n) is 5.77. The van der Waals surface area contributed by atoms with E-state index in [4.69, 9.17) is 0 Å². The third-order valence-electron chi connectivity index (χ3n) is 3.73. The third kappa shape index (κ3) is 3.09. The Hall–Kier alpha value is -2.12. The van der Waals surface area contributed by atoms with Crippen LogP contribution in [0.5, 0.6) is 0 Å². The number of fused-ring (bicyclic) bond motifs is 1. The highest BCUT2D eigenvalue weighted by molar-refractivity contribution is 7.16. The fourth-order valence-electron chi connectivity index (χ4n) is 2.41. The number of hydrogen-bond acceptors (Lipinski definition) is 5. The molecule has 0 aliphatic rings. The van der Waals surface area contributed by atoms with Crippen molar-refractivity contribution in [1.29, 1.82) is 0 Å². The Morgan fingerprint density at radius 3 is 2.88 bits per heavy atom. The van der Waals surface area contributed by atoms with Crippen molar-refractivity contribution in [3.05, 3.63) is 51.8 Å². The zero-order valence-corrected chi connectivity index (χ0v) is 15.4. The van der Waals surface area contributed by atoms with Crippen molar-refractivity contribution in [3.63, 3.8) is 0 Å². The third-order valence-corrected chi connectivity index (χ3v) is 5.59. The van der Waals surface area contributed by atoms with E-state index >= 15 is 0 Å². The molecule has 0 N–H and O–H groups in total. The molecule has 0 saturated heterocycles. The van der Waals surface area contributed by atoms with Crippen molar-refractivity contribution in [2.45, 2.75) is 33.2 Å². The molecule has 0 saturated carbocycles. The fourth-order valence-corrected chi connectivity index (χ4v) is 4.03. The Morgan fingerprint density at radius 2 is 2.25 bits per heavy atom. The lowest BCUT2D eigenvalue weighted by Crippen LogP contribution is -2.16. The number of allylic oxidation sites excluding steroid dienone is 1. The van der Waals surface area contributed by atoms with Crippen LogP contribution in [0.25, 0.3) is 10.2 Å². The van der Waals surface area contributed by atoms with Crippen LogP contribution < -0.4 is 4.80 Å². The highest BCUT2D eigenvalue weighted by Crippen LogP contribution is 2.23. The number of amides is 1. The van der Waals surface area contributed by atoms with E-state index in [0.29, 0.717) is 27.8 Å². The molecule has 0 aliphatic carbocycles. The quantitative estimate of drug-likeness (QED) is 0.664. The van der Waals surface area contributed by atoms with Gasteiger partial charge in [0.25, 0.3) is 5.91 Å². The van der Waals surface area contributed by atoms with Crippen LogP contribution in [0.15, 0.2) is 35.8 Å². The molecular weight excluding hydrogens is 340 g/mol. The molecule has 24 heavy (non-hydrogen) atoms. The molecule has 0 unspecified atom stereocenters. The molecule has 5 nitrogen and oxygen atoms in total. The van der Waals surface area contributed by atoms with E-state index in [0.717, 1.165) is 21.7 Å². The summed E-state index contributed by atoms with van der Waals surface area (Å²) in [6, 6.07) is 6.39. The van der Waals surface area contributed by atoms with Crippen molar-refractivity contribution < 1.29 is 4.79 Å². The van der Waals surface area contributed by atoms with Crippen molar-refractivity contribution >= 4 is 39.0 Å². The fraction of sp³-hybridized carbons (Fsp3) is 0.294. The SMILES string of the molecule is C=CCn1c(=NC(=O)c2snnc2C)sc2cc(C(C)C)ccc21. The average Bonchev–Trinajstić information content (AvgIpc) is 3.11. The van der Waals surface area contributed by atoms with E-state index in [9.17, 15) is 4.79 Å². The number of thiazole rings is 1. The molecule has 3 rings (SSSR count). The van der Waals surface area contributed by atoms with Crippen molar-refractivity contribution in [2.24, 2.45) is 4.99 Å². The van der Waals surface area contributed by atoms with Crippen LogP contribution in [0.1, 0.15) is 40.7 Å². The number of carbonyl (C=O) groups is 1. The van der Waals surface area contributed by atoms with Crippen LogP contribution in [0, 0.1) is 6.92 Å². The molecule has 0 radical (unpaired) electrons. The number of hydrogen-bond donors (Lipinski definition) is 0. The summed E-state index contributed by atoms with van der Waals surface area (Å²) >= 11 is 2.60. The highest BCUT2D eigenvalue weighted by Gasteiger charge is 2.14. The van der Waals surface area contributed by atoms with E-state index in [1.165, 1.54) is 16.9 Å². The van der Waals surface area contributed by atoms with Gasteiger partial charge in [0.15, 0.2) is 4.80 Å². The first-order chi connectivity index (χ1) is 11.5. The zero-order chi connectivity index (χ0) is 17.3. The molecule has 0 atom stereocenters.